The Bertz CT molecular complexity index is 896. The first-order valence-corrected chi connectivity index (χ1v) is 10.7. The summed E-state index contributed by atoms with van der Waals surface area (Å²) in [5.74, 6) is 0.528. The molecular weight excluding hydrogens is 386 g/mol. The van der Waals surface area contributed by atoms with Crippen molar-refractivity contribution in [3.63, 3.8) is 0 Å². The van der Waals surface area contributed by atoms with Crippen molar-refractivity contribution < 1.29 is 17.8 Å². The van der Waals surface area contributed by atoms with Crippen LogP contribution in [0.25, 0.3) is 0 Å². The minimum absolute atomic E-state index is 0.118. The van der Waals surface area contributed by atoms with Gasteiger partial charge in [-0.2, -0.15) is 0 Å². The molecule has 25 heavy (non-hydrogen) atoms. The van der Waals surface area contributed by atoms with Crippen molar-refractivity contribution in [2.75, 3.05) is 24.0 Å². The predicted octanol–water partition coefficient (Wildman–Crippen LogP) is 3.21. The van der Waals surface area contributed by atoms with Gasteiger partial charge in [0.15, 0.2) is 9.84 Å². The highest BCUT2D eigenvalue weighted by Crippen LogP contribution is 2.37. The number of aryl methyl sites for hydroxylation is 1. The third-order valence-electron chi connectivity index (χ3n) is 3.39. The van der Waals surface area contributed by atoms with E-state index in [1.54, 1.807) is 6.92 Å². The molecule has 1 heterocycles. The second kappa shape index (κ2) is 7.76. The van der Waals surface area contributed by atoms with Crippen LogP contribution in [0.4, 0.5) is 5.82 Å². The Kier molecular flexibility index (Phi) is 6.12. The number of carbonyl (C=O) groups excluding carboxylic acids is 1. The zero-order valence-electron chi connectivity index (χ0n) is 14.2. The fourth-order valence-corrected chi connectivity index (χ4v) is 4.85. The molecule has 1 amide bonds. The molecule has 0 fully saturated rings. The number of anilines is 1. The van der Waals surface area contributed by atoms with Gasteiger partial charge in [0, 0.05) is 18.2 Å². The average molecular weight is 404 g/mol. The van der Waals surface area contributed by atoms with Crippen molar-refractivity contribution >= 4 is 44.9 Å². The van der Waals surface area contributed by atoms with E-state index in [0.29, 0.717) is 16.3 Å². The number of carbonyl (C=O) groups is 1. The number of amides is 1. The van der Waals surface area contributed by atoms with Gasteiger partial charge in [0.25, 0.3) is 5.91 Å². The molecule has 2 rings (SSSR count). The molecule has 0 atom stereocenters. The van der Waals surface area contributed by atoms with E-state index in [-0.39, 0.29) is 21.3 Å². The summed E-state index contributed by atoms with van der Waals surface area (Å²) in [6, 6.07) is 2.82. The van der Waals surface area contributed by atoms with E-state index in [2.05, 4.69) is 14.9 Å². The number of hydrogen-bond acceptors (Lipinski definition) is 7. The van der Waals surface area contributed by atoms with E-state index < -0.39 is 15.7 Å². The van der Waals surface area contributed by atoms with Gasteiger partial charge in [-0.1, -0.05) is 23.7 Å². The molecule has 0 bridgehead atoms. The summed E-state index contributed by atoms with van der Waals surface area (Å²) in [7, 11) is -1.94. The first-order valence-electron chi connectivity index (χ1n) is 7.41. The van der Waals surface area contributed by atoms with E-state index >= 15 is 0 Å². The zero-order valence-corrected chi connectivity index (χ0v) is 16.6. The Hall–Kier alpha value is -1.58. The Labute approximate surface area is 155 Å². The highest BCUT2D eigenvalue weighted by molar-refractivity contribution is 8.00. The summed E-state index contributed by atoms with van der Waals surface area (Å²) in [5.41, 5.74) is 0.651. The summed E-state index contributed by atoms with van der Waals surface area (Å²) in [5, 5.41) is 7.46. The maximum Gasteiger partial charge on any atom is 0.260 e. The van der Waals surface area contributed by atoms with Crippen LogP contribution < -0.4 is 4.90 Å². The third-order valence-corrected chi connectivity index (χ3v) is 6.49. The van der Waals surface area contributed by atoms with Crippen molar-refractivity contribution in [1.29, 1.82) is 0 Å². The molecule has 0 aliphatic carbocycles. The fourth-order valence-electron chi connectivity index (χ4n) is 2.14. The van der Waals surface area contributed by atoms with Gasteiger partial charge >= 0.3 is 0 Å². The van der Waals surface area contributed by atoms with Gasteiger partial charge in [0.1, 0.15) is 5.69 Å². The molecule has 0 unspecified atom stereocenters. The highest BCUT2D eigenvalue weighted by atomic mass is 35.5. The van der Waals surface area contributed by atoms with Gasteiger partial charge in [0.2, 0.25) is 5.82 Å². The van der Waals surface area contributed by atoms with Gasteiger partial charge in [-0.3, -0.25) is 9.69 Å². The molecule has 0 saturated carbocycles. The van der Waals surface area contributed by atoms with Crippen LogP contribution in [0.2, 0.25) is 5.02 Å². The third kappa shape index (κ3) is 4.16. The number of aromatic nitrogens is 2. The Morgan fingerprint density at radius 1 is 1.36 bits per heavy atom. The SMILES string of the molecule is CCCSc1c(S(C)(=O)=O)ccc(C(=O)N(C)c2nonc2C)c1Cl. The van der Waals surface area contributed by atoms with Gasteiger partial charge in [-0.05, 0) is 36.4 Å². The highest BCUT2D eigenvalue weighted by Gasteiger charge is 2.26. The number of hydrogen-bond donors (Lipinski definition) is 0. The fraction of sp³-hybridized carbons (Fsp3) is 0.400. The largest absolute Gasteiger partial charge is 0.291 e. The Morgan fingerprint density at radius 3 is 2.56 bits per heavy atom. The quantitative estimate of drug-likeness (QED) is 0.683. The van der Waals surface area contributed by atoms with Crippen molar-refractivity contribution in [3.05, 3.63) is 28.4 Å². The van der Waals surface area contributed by atoms with Gasteiger partial charge in [-0.15, -0.1) is 11.8 Å². The van der Waals surface area contributed by atoms with Crippen LogP contribution in [0.15, 0.2) is 26.6 Å². The molecule has 0 aliphatic rings. The van der Waals surface area contributed by atoms with E-state index in [1.165, 1.54) is 35.8 Å². The number of nitrogens with zero attached hydrogens (tertiary/aromatic N) is 3. The molecule has 0 aliphatic heterocycles. The summed E-state index contributed by atoms with van der Waals surface area (Å²) < 4.78 is 28.6. The smallest absolute Gasteiger partial charge is 0.260 e. The first-order chi connectivity index (χ1) is 11.7. The molecule has 7 nitrogen and oxygen atoms in total. The Morgan fingerprint density at radius 2 is 2.04 bits per heavy atom. The molecule has 1 aromatic heterocycles. The summed E-state index contributed by atoms with van der Waals surface area (Å²) in [4.78, 5) is 14.6. The molecule has 1 aromatic carbocycles. The maximum atomic E-state index is 12.8. The molecule has 0 saturated heterocycles. The second-order valence-corrected chi connectivity index (χ2v) is 8.88. The molecule has 0 radical (unpaired) electrons. The second-order valence-electron chi connectivity index (χ2n) is 5.41. The normalized spacial score (nSPS) is 11.6. The average Bonchev–Trinajstić information content (AvgIpc) is 2.97. The van der Waals surface area contributed by atoms with Gasteiger partial charge < -0.3 is 0 Å². The minimum Gasteiger partial charge on any atom is -0.291 e. The van der Waals surface area contributed by atoms with Crippen molar-refractivity contribution in [3.8, 4) is 0 Å². The zero-order chi connectivity index (χ0) is 18.8. The van der Waals surface area contributed by atoms with Crippen LogP contribution in [-0.2, 0) is 9.84 Å². The predicted molar refractivity (Wildman–Crippen MR) is 97.3 cm³/mol. The molecular formula is C15H18ClN3O4S2. The van der Waals surface area contributed by atoms with Crippen LogP contribution in [0.3, 0.4) is 0 Å². The number of sulfone groups is 1. The lowest BCUT2D eigenvalue weighted by molar-refractivity contribution is 0.0991. The number of rotatable bonds is 6. The van der Waals surface area contributed by atoms with E-state index in [9.17, 15) is 13.2 Å². The molecule has 2 aromatic rings. The van der Waals surface area contributed by atoms with Crippen LogP contribution >= 0.6 is 23.4 Å². The molecule has 136 valence electrons. The van der Waals surface area contributed by atoms with Crippen LogP contribution in [-0.4, -0.2) is 43.7 Å². The van der Waals surface area contributed by atoms with E-state index in [1.807, 2.05) is 6.92 Å². The standard InChI is InChI=1S/C15H18ClN3O4S2/c1-5-8-24-13-11(25(4,21)22)7-6-10(12(13)16)15(20)19(3)14-9(2)17-23-18-14/h6-7H,5,8H2,1-4H3. The van der Waals surface area contributed by atoms with Crippen LogP contribution in [0, 0.1) is 6.92 Å². The van der Waals surface area contributed by atoms with Crippen LogP contribution in [0.5, 0.6) is 0 Å². The summed E-state index contributed by atoms with van der Waals surface area (Å²) in [6.45, 7) is 3.64. The summed E-state index contributed by atoms with van der Waals surface area (Å²) in [6.07, 6.45) is 1.96. The summed E-state index contributed by atoms with van der Waals surface area (Å²) >= 11 is 7.72. The topological polar surface area (TPSA) is 93.4 Å². The van der Waals surface area contributed by atoms with Gasteiger partial charge in [-0.25, -0.2) is 13.0 Å². The lowest BCUT2D eigenvalue weighted by Crippen LogP contribution is -2.27. The van der Waals surface area contributed by atoms with E-state index in [0.717, 1.165) is 12.7 Å². The van der Waals surface area contributed by atoms with Crippen molar-refractivity contribution in [2.24, 2.45) is 0 Å². The lowest BCUT2D eigenvalue weighted by Gasteiger charge is -2.17. The molecule has 0 spiro atoms. The van der Waals surface area contributed by atoms with Crippen molar-refractivity contribution in [2.45, 2.75) is 30.1 Å². The Balaban J connectivity index is 2.52. The number of halogens is 1. The maximum absolute atomic E-state index is 12.8. The van der Waals surface area contributed by atoms with Crippen molar-refractivity contribution in [1.82, 2.24) is 10.3 Å². The van der Waals surface area contributed by atoms with Crippen LogP contribution in [0.1, 0.15) is 29.4 Å². The lowest BCUT2D eigenvalue weighted by atomic mass is 10.2. The molecule has 10 heteroatoms. The monoisotopic (exact) mass is 403 g/mol. The number of thioether (sulfide) groups is 1. The molecule has 0 N–H and O–H groups in total. The first kappa shape index (κ1) is 19.7. The van der Waals surface area contributed by atoms with E-state index in [4.69, 9.17) is 11.6 Å². The van der Waals surface area contributed by atoms with Gasteiger partial charge in [0.05, 0.1) is 15.5 Å². The minimum atomic E-state index is -3.47. The number of benzene rings is 1.